The number of H-pyrrole nitrogens is 1. The van der Waals surface area contributed by atoms with Gasteiger partial charge in [-0.25, -0.2) is 9.97 Å². The first kappa shape index (κ1) is 11.1. The van der Waals surface area contributed by atoms with E-state index in [1.54, 1.807) is 18.2 Å². The van der Waals surface area contributed by atoms with Crippen LogP contribution in [0, 0.1) is 0 Å². The van der Waals surface area contributed by atoms with Gasteiger partial charge in [0.25, 0.3) is 0 Å². The zero-order chi connectivity index (χ0) is 11.8. The standard InChI is InChI=1S/C9H5BrF3N3/c10-7-3-1-2-5(15-7)8-14-4-6(16-8)9(11,12)13/h1-4H,(H,14,16). The first-order chi connectivity index (χ1) is 7.47. The van der Waals surface area contributed by atoms with Crippen LogP contribution in [0.1, 0.15) is 5.69 Å². The van der Waals surface area contributed by atoms with Gasteiger partial charge in [-0.1, -0.05) is 6.07 Å². The fourth-order valence-corrected chi connectivity index (χ4v) is 1.48. The number of aromatic nitrogens is 3. The van der Waals surface area contributed by atoms with Gasteiger partial charge in [0.05, 0.1) is 0 Å². The lowest BCUT2D eigenvalue weighted by Crippen LogP contribution is -2.04. The number of alkyl halides is 3. The van der Waals surface area contributed by atoms with Crippen molar-refractivity contribution in [1.29, 1.82) is 0 Å². The Labute approximate surface area is 96.9 Å². The van der Waals surface area contributed by atoms with Crippen LogP contribution in [0.3, 0.4) is 0 Å². The van der Waals surface area contributed by atoms with Crippen molar-refractivity contribution in [2.24, 2.45) is 0 Å². The van der Waals surface area contributed by atoms with Gasteiger partial charge in [0.1, 0.15) is 10.3 Å². The molecule has 2 heterocycles. The Bertz CT molecular complexity index is 507. The van der Waals surface area contributed by atoms with Crippen LogP contribution in [0.2, 0.25) is 0 Å². The van der Waals surface area contributed by atoms with Crippen molar-refractivity contribution >= 4 is 15.9 Å². The minimum atomic E-state index is -4.44. The van der Waals surface area contributed by atoms with Gasteiger partial charge in [-0.05, 0) is 28.1 Å². The predicted molar refractivity (Wildman–Crippen MR) is 54.5 cm³/mol. The molecule has 0 saturated carbocycles. The third kappa shape index (κ3) is 2.24. The smallest absolute Gasteiger partial charge is 0.343 e. The maximum atomic E-state index is 12.3. The molecule has 0 radical (unpaired) electrons. The number of aromatic amines is 1. The van der Waals surface area contributed by atoms with Crippen LogP contribution >= 0.6 is 15.9 Å². The van der Waals surface area contributed by atoms with Gasteiger partial charge in [-0.2, -0.15) is 13.2 Å². The summed E-state index contributed by atoms with van der Waals surface area (Å²) in [4.78, 5) is 9.86. The fourth-order valence-electron chi connectivity index (χ4n) is 1.14. The highest BCUT2D eigenvalue weighted by Gasteiger charge is 2.33. The SMILES string of the molecule is FC(F)(F)c1c[nH]c(-c2cccc(Br)n2)n1. The van der Waals surface area contributed by atoms with E-state index in [1.165, 1.54) is 0 Å². The second-order valence-electron chi connectivity index (χ2n) is 2.98. The highest BCUT2D eigenvalue weighted by Crippen LogP contribution is 2.29. The third-order valence-corrected chi connectivity index (χ3v) is 2.27. The van der Waals surface area contributed by atoms with E-state index in [0.29, 0.717) is 10.3 Å². The summed E-state index contributed by atoms with van der Waals surface area (Å²) in [6.45, 7) is 0. The molecule has 0 unspecified atom stereocenters. The van der Waals surface area contributed by atoms with Gasteiger partial charge in [-0.15, -0.1) is 0 Å². The molecule has 0 saturated heterocycles. The molecule has 2 aromatic rings. The molecule has 0 atom stereocenters. The van der Waals surface area contributed by atoms with Crippen LogP contribution in [0.15, 0.2) is 29.0 Å². The Morgan fingerprint density at radius 1 is 1.19 bits per heavy atom. The maximum absolute atomic E-state index is 12.3. The van der Waals surface area contributed by atoms with Gasteiger partial charge >= 0.3 is 6.18 Å². The summed E-state index contributed by atoms with van der Waals surface area (Å²) >= 11 is 3.13. The Morgan fingerprint density at radius 2 is 1.94 bits per heavy atom. The maximum Gasteiger partial charge on any atom is 0.434 e. The van der Waals surface area contributed by atoms with E-state index in [0.717, 1.165) is 6.20 Å². The van der Waals surface area contributed by atoms with Crippen LogP contribution in [0.5, 0.6) is 0 Å². The summed E-state index contributed by atoms with van der Waals surface area (Å²) < 4.78 is 37.4. The predicted octanol–water partition coefficient (Wildman–Crippen LogP) is 3.25. The Hall–Kier alpha value is -1.37. The molecule has 1 N–H and O–H groups in total. The Morgan fingerprint density at radius 3 is 2.50 bits per heavy atom. The number of hydrogen-bond acceptors (Lipinski definition) is 2. The number of hydrogen-bond donors (Lipinski definition) is 1. The quantitative estimate of drug-likeness (QED) is 0.820. The van der Waals surface area contributed by atoms with E-state index in [4.69, 9.17) is 0 Å². The molecule has 0 spiro atoms. The first-order valence-corrected chi connectivity index (χ1v) is 5.01. The van der Waals surface area contributed by atoms with E-state index < -0.39 is 11.9 Å². The lowest BCUT2D eigenvalue weighted by molar-refractivity contribution is -0.140. The van der Waals surface area contributed by atoms with Gasteiger partial charge in [0, 0.05) is 6.20 Å². The van der Waals surface area contributed by atoms with Gasteiger partial charge in [0.2, 0.25) is 0 Å². The lowest BCUT2D eigenvalue weighted by Gasteiger charge is -1.99. The number of pyridine rings is 1. The minimum Gasteiger partial charge on any atom is -0.343 e. The second-order valence-corrected chi connectivity index (χ2v) is 3.79. The van der Waals surface area contributed by atoms with Crippen molar-refractivity contribution in [1.82, 2.24) is 15.0 Å². The highest BCUT2D eigenvalue weighted by atomic mass is 79.9. The molecule has 0 fully saturated rings. The van der Waals surface area contributed by atoms with Crippen LogP contribution < -0.4 is 0 Å². The van der Waals surface area contributed by atoms with Crippen molar-refractivity contribution in [3.8, 4) is 11.5 Å². The molecule has 0 bridgehead atoms. The van der Waals surface area contributed by atoms with Crippen molar-refractivity contribution in [3.05, 3.63) is 34.7 Å². The van der Waals surface area contributed by atoms with Crippen LogP contribution in [-0.4, -0.2) is 15.0 Å². The van der Waals surface area contributed by atoms with Crippen molar-refractivity contribution in [2.75, 3.05) is 0 Å². The largest absolute Gasteiger partial charge is 0.434 e. The molecule has 84 valence electrons. The second kappa shape index (κ2) is 3.89. The van der Waals surface area contributed by atoms with E-state index in [1.807, 2.05) is 0 Å². The van der Waals surface area contributed by atoms with Crippen molar-refractivity contribution in [3.63, 3.8) is 0 Å². The summed E-state index contributed by atoms with van der Waals surface area (Å²) in [5, 5.41) is 0. The van der Waals surface area contributed by atoms with Crippen LogP contribution in [0.25, 0.3) is 11.5 Å². The molecule has 0 amide bonds. The van der Waals surface area contributed by atoms with E-state index >= 15 is 0 Å². The molecular formula is C9H5BrF3N3. The van der Waals surface area contributed by atoms with E-state index in [2.05, 4.69) is 30.9 Å². The molecule has 0 aliphatic heterocycles. The first-order valence-electron chi connectivity index (χ1n) is 4.22. The highest BCUT2D eigenvalue weighted by molar-refractivity contribution is 9.10. The number of nitrogens with zero attached hydrogens (tertiary/aromatic N) is 2. The molecule has 2 aromatic heterocycles. The third-order valence-electron chi connectivity index (χ3n) is 1.83. The summed E-state index contributed by atoms with van der Waals surface area (Å²) in [6, 6.07) is 4.92. The van der Waals surface area contributed by atoms with Crippen molar-refractivity contribution in [2.45, 2.75) is 6.18 Å². The molecule has 0 aliphatic carbocycles. The fraction of sp³-hybridized carbons (Fsp3) is 0.111. The minimum absolute atomic E-state index is 0.0913. The topological polar surface area (TPSA) is 41.6 Å². The molecular weight excluding hydrogens is 287 g/mol. The van der Waals surface area contributed by atoms with Crippen LogP contribution in [-0.2, 0) is 6.18 Å². The molecule has 0 aliphatic rings. The number of nitrogens with one attached hydrogen (secondary N) is 1. The number of rotatable bonds is 1. The average Bonchev–Trinajstić information content (AvgIpc) is 2.65. The van der Waals surface area contributed by atoms with Gasteiger partial charge < -0.3 is 4.98 Å². The summed E-state index contributed by atoms with van der Waals surface area (Å²) in [5.41, 5.74) is -0.603. The summed E-state index contributed by atoms with van der Waals surface area (Å²) in [7, 11) is 0. The monoisotopic (exact) mass is 291 g/mol. The molecule has 0 aromatic carbocycles. The summed E-state index contributed by atoms with van der Waals surface area (Å²) in [6.07, 6.45) is -3.63. The summed E-state index contributed by atoms with van der Waals surface area (Å²) in [5.74, 6) is 0.0913. The molecule has 2 rings (SSSR count). The van der Waals surface area contributed by atoms with Crippen LogP contribution in [0.4, 0.5) is 13.2 Å². The number of imidazole rings is 1. The Balaban J connectivity index is 2.39. The number of halogens is 4. The van der Waals surface area contributed by atoms with Gasteiger partial charge in [0.15, 0.2) is 11.5 Å². The van der Waals surface area contributed by atoms with E-state index in [-0.39, 0.29) is 5.82 Å². The van der Waals surface area contributed by atoms with E-state index in [9.17, 15) is 13.2 Å². The Kier molecular flexibility index (Phi) is 2.71. The normalized spacial score (nSPS) is 11.8. The molecule has 16 heavy (non-hydrogen) atoms. The zero-order valence-electron chi connectivity index (χ0n) is 7.72. The van der Waals surface area contributed by atoms with Gasteiger partial charge in [-0.3, -0.25) is 0 Å². The molecule has 7 heteroatoms. The lowest BCUT2D eigenvalue weighted by atomic mass is 10.3. The average molecular weight is 292 g/mol. The zero-order valence-corrected chi connectivity index (χ0v) is 9.30. The molecule has 3 nitrogen and oxygen atoms in total. The van der Waals surface area contributed by atoms with Crippen molar-refractivity contribution < 1.29 is 13.2 Å².